The molecule has 2 aliphatic rings. The van der Waals surface area contributed by atoms with Crippen LogP contribution < -0.4 is 5.32 Å². The van der Waals surface area contributed by atoms with Crippen LogP contribution in [-0.4, -0.2) is 60.0 Å². The molecule has 2 amide bonds. The second-order valence-electron chi connectivity index (χ2n) is 9.08. The minimum atomic E-state index is -0.168. The molecule has 4 rings (SSSR count). The van der Waals surface area contributed by atoms with Crippen molar-refractivity contribution >= 4 is 17.5 Å². The Labute approximate surface area is 190 Å². The Bertz CT molecular complexity index is 957. The molecule has 170 valence electrons. The Kier molecular flexibility index (Phi) is 6.92. The molecule has 2 aromatic carbocycles. The van der Waals surface area contributed by atoms with Crippen molar-refractivity contribution in [3.8, 4) is 0 Å². The van der Waals surface area contributed by atoms with E-state index >= 15 is 0 Å². The number of carbonyl (C=O) groups is 2. The minimum Gasteiger partial charge on any atom is -0.373 e. The average Bonchev–Trinajstić information content (AvgIpc) is 3.29. The summed E-state index contributed by atoms with van der Waals surface area (Å²) in [6.07, 6.45) is 2.59. The fourth-order valence-electron chi connectivity index (χ4n) is 4.72. The first kappa shape index (κ1) is 22.5. The number of benzene rings is 2. The van der Waals surface area contributed by atoms with Gasteiger partial charge in [-0.1, -0.05) is 18.2 Å². The molecule has 2 aromatic rings. The van der Waals surface area contributed by atoms with Crippen LogP contribution in [0.3, 0.4) is 0 Å². The van der Waals surface area contributed by atoms with Crippen molar-refractivity contribution in [1.82, 2.24) is 9.80 Å². The lowest BCUT2D eigenvalue weighted by molar-refractivity contribution is -0.0704. The number of nitrogens with one attached hydrogen (secondary N) is 1. The second-order valence-corrected chi connectivity index (χ2v) is 9.08. The number of anilines is 1. The Morgan fingerprint density at radius 3 is 2.31 bits per heavy atom. The van der Waals surface area contributed by atoms with E-state index in [1.54, 1.807) is 0 Å². The number of ether oxygens (including phenoxy) is 1. The van der Waals surface area contributed by atoms with Crippen LogP contribution in [0.4, 0.5) is 5.69 Å². The van der Waals surface area contributed by atoms with E-state index in [1.165, 1.54) is 5.56 Å². The molecule has 0 aromatic heterocycles. The second kappa shape index (κ2) is 9.84. The van der Waals surface area contributed by atoms with Crippen LogP contribution in [0.25, 0.3) is 0 Å². The van der Waals surface area contributed by atoms with Gasteiger partial charge in [0.25, 0.3) is 11.8 Å². The summed E-state index contributed by atoms with van der Waals surface area (Å²) < 4.78 is 5.80. The molecule has 0 saturated carbocycles. The highest BCUT2D eigenvalue weighted by molar-refractivity contribution is 6.06. The molecule has 0 bridgehead atoms. The van der Waals surface area contributed by atoms with Crippen LogP contribution in [0.2, 0.25) is 0 Å². The lowest BCUT2D eigenvalue weighted by Gasteiger charge is -2.35. The zero-order chi connectivity index (χ0) is 22.7. The van der Waals surface area contributed by atoms with Crippen molar-refractivity contribution in [2.24, 2.45) is 0 Å². The average molecular weight is 436 g/mol. The maximum absolute atomic E-state index is 12.9. The molecule has 2 saturated heterocycles. The molecule has 6 nitrogen and oxygen atoms in total. The summed E-state index contributed by atoms with van der Waals surface area (Å²) >= 11 is 0. The van der Waals surface area contributed by atoms with Crippen molar-refractivity contribution in [3.63, 3.8) is 0 Å². The molecule has 2 fully saturated rings. The van der Waals surface area contributed by atoms with Crippen LogP contribution in [-0.2, 0) is 11.3 Å². The lowest BCUT2D eigenvalue weighted by atomic mass is 10.0. The molecule has 0 radical (unpaired) electrons. The first-order chi connectivity index (χ1) is 15.4. The molecule has 0 spiro atoms. The van der Waals surface area contributed by atoms with Crippen molar-refractivity contribution in [2.75, 3.05) is 31.5 Å². The highest BCUT2D eigenvalue weighted by Crippen LogP contribution is 2.23. The van der Waals surface area contributed by atoms with Gasteiger partial charge in [0, 0.05) is 49.5 Å². The fraction of sp³-hybridized carbons (Fsp3) is 0.462. The largest absolute Gasteiger partial charge is 0.373 e. The maximum atomic E-state index is 12.9. The van der Waals surface area contributed by atoms with Crippen molar-refractivity contribution in [3.05, 3.63) is 64.7 Å². The van der Waals surface area contributed by atoms with Gasteiger partial charge in [0.15, 0.2) is 0 Å². The van der Waals surface area contributed by atoms with E-state index in [9.17, 15) is 9.59 Å². The zero-order valence-electron chi connectivity index (χ0n) is 19.3. The zero-order valence-corrected chi connectivity index (χ0v) is 19.3. The van der Waals surface area contributed by atoms with Gasteiger partial charge in [0.2, 0.25) is 0 Å². The summed E-state index contributed by atoms with van der Waals surface area (Å²) in [5, 5.41) is 2.99. The van der Waals surface area contributed by atoms with Gasteiger partial charge in [0.1, 0.15) is 0 Å². The van der Waals surface area contributed by atoms with Crippen molar-refractivity contribution in [1.29, 1.82) is 0 Å². The molecule has 6 heteroatoms. The summed E-state index contributed by atoms with van der Waals surface area (Å²) in [6, 6.07) is 13.3. The number of nitrogens with zero attached hydrogens (tertiary/aromatic N) is 2. The highest BCUT2D eigenvalue weighted by atomic mass is 16.5. The molecule has 2 unspecified atom stereocenters. The lowest BCUT2D eigenvalue weighted by Crippen LogP contribution is -2.44. The number of carbonyl (C=O) groups excluding carboxylic acids is 2. The molecular weight excluding hydrogens is 402 g/mol. The summed E-state index contributed by atoms with van der Waals surface area (Å²) in [5.41, 5.74) is 3.93. The smallest absolute Gasteiger partial charge is 0.255 e. The van der Waals surface area contributed by atoms with Crippen LogP contribution in [0, 0.1) is 6.92 Å². The number of likely N-dealkylation sites (tertiary alicyclic amines) is 1. The van der Waals surface area contributed by atoms with Crippen molar-refractivity contribution in [2.45, 2.75) is 52.4 Å². The van der Waals surface area contributed by atoms with Gasteiger partial charge in [0.05, 0.1) is 12.2 Å². The molecule has 2 aliphatic heterocycles. The van der Waals surface area contributed by atoms with E-state index in [1.807, 2.05) is 54.3 Å². The Morgan fingerprint density at radius 2 is 1.66 bits per heavy atom. The van der Waals surface area contributed by atoms with E-state index in [0.717, 1.165) is 51.1 Å². The standard InChI is InChI=1S/C26H33N3O3/c1-18-15-28(16-19(2)32-18)17-21-9-11-22(12-10-21)25(30)27-24-8-6-7-23(20(24)3)26(31)29-13-4-5-14-29/h6-12,18-19H,4-5,13-17H2,1-3H3,(H,27,30). The number of rotatable bonds is 5. The van der Waals surface area contributed by atoms with Crippen LogP contribution in [0.5, 0.6) is 0 Å². The van der Waals surface area contributed by atoms with Gasteiger partial charge >= 0.3 is 0 Å². The maximum Gasteiger partial charge on any atom is 0.255 e. The van der Waals surface area contributed by atoms with Gasteiger partial charge in [-0.05, 0) is 69.0 Å². The fourth-order valence-corrected chi connectivity index (χ4v) is 4.72. The SMILES string of the molecule is Cc1c(NC(=O)c2ccc(CN3CC(C)OC(C)C3)cc2)cccc1C(=O)N1CCCC1. The van der Waals surface area contributed by atoms with Gasteiger partial charge in [-0.15, -0.1) is 0 Å². The third-order valence-electron chi connectivity index (χ3n) is 6.32. The number of morpholine rings is 1. The van der Waals surface area contributed by atoms with Gasteiger partial charge < -0.3 is 15.0 Å². The first-order valence-corrected chi connectivity index (χ1v) is 11.6. The Hall–Kier alpha value is -2.70. The van der Waals surface area contributed by atoms with Gasteiger partial charge in [-0.3, -0.25) is 14.5 Å². The summed E-state index contributed by atoms with van der Waals surface area (Å²) in [4.78, 5) is 30.0. The number of hydrogen-bond acceptors (Lipinski definition) is 4. The molecule has 2 atom stereocenters. The minimum absolute atomic E-state index is 0.0483. The normalized spacial score (nSPS) is 21.5. The molecule has 1 N–H and O–H groups in total. The predicted molar refractivity (Wildman–Crippen MR) is 126 cm³/mol. The summed E-state index contributed by atoms with van der Waals surface area (Å²) in [7, 11) is 0. The Balaban J connectivity index is 1.41. The summed E-state index contributed by atoms with van der Waals surface area (Å²) in [5.74, 6) is -0.119. The van der Waals surface area contributed by atoms with Crippen LogP contribution in [0.15, 0.2) is 42.5 Å². The molecule has 0 aliphatic carbocycles. The molecule has 2 heterocycles. The van der Waals surface area contributed by atoms with E-state index < -0.39 is 0 Å². The van der Waals surface area contributed by atoms with E-state index in [4.69, 9.17) is 4.74 Å². The van der Waals surface area contributed by atoms with E-state index in [2.05, 4.69) is 24.1 Å². The number of amides is 2. The molecule has 32 heavy (non-hydrogen) atoms. The quantitative estimate of drug-likeness (QED) is 0.768. The first-order valence-electron chi connectivity index (χ1n) is 11.6. The molecular formula is C26H33N3O3. The third-order valence-corrected chi connectivity index (χ3v) is 6.32. The van der Waals surface area contributed by atoms with Gasteiger partial charge in [-0.25, -0.2) is 0 Å². The van der Waals surface area contributed by atoms with Crippen LogP contribution >= 0.6 is 0 Å². The third kappa shape index (κ3) is 5.19. The topological polar surface area (TPSA) is 61.9 Å². The number of hydrogen-bond donors (Lipinski definition) is 1. The monoisotopic (exact) mass is 435 g/mol. The van der Waals surface area contributed by atoms with Crippen molar-refractivity contribution < 1.29 is 14.3 Å². The van der Waals surface area contributed by atoms with E-state index in [-0.39, 0.29) is 24.0 Å². The van der Waals surface area contributed by atoms with E-state index in [0.29, 0.717) is 16.8 Å². The summed E-state index contributed by atoms with van der Waals surface area (Å²) in [6.45, 7) is 10.4. The van der Waals surface area contributed by atoms with Gasteiger partial charge in [-0.2, -0.15) is 0 Å². The predicted octanol–water partition coefficient (Wildman–Crippen LogP) is 4.09. The highest BCUT2D eigenvalue weighted by Gasteiger charge is 2.23. The Morgan fingerprint density at radius 1 is 1.00 bits per heavy atom. The van der Waals surface area contributed by atoms with Crippen LogP contribution in [0.1, 0.15) is 58.5 Å².